The van der Waals surface area contributed by atoms with Crippen molar-refractivity contribution < 1.29 is 9.15 Å². The summed E-state index contributed by atoms with van der Waals surface area (Å²) in [6.45, 7) is 2.90. The Bertz CT molecular complexity index is 646. The molecule has 1 atom stereocenters. The van der Waals surface area contributed by atoms with Gasteiger partial charge < -0.3 is 19.8 Å². The molecule has 19 heavy (non-hydrogen) atoms. The molecule has 6 heteroatoms. The van der Waals surface area contributed by atoms with Crippen molar-refractivity contribution in [1.82, 2.24) is 9.47 Å². The molecule has 3 rings (SSSR count). The zero-order chi connectivity index (χ0) is 13.4. The lowest BCUT2D eigenvalue weighted by molar-refractivity contribution is -0.0277. The maximum absolute atomic E-state index is 11.9. The molecule has 6 nitrogen and oxygen atoms in total. The molecule has 2 N–H and O–H groups in total. The van der Waals surface area contributed by atoms with Crippen LogP contribution in [-0.2, 0) is 11.3 Å². The summed E-state index contributed by atoms with van der Waals surface area (Å²) in [4.78, 5) is 14.1. The first-order valence-corrected chi connectivity index (χ1v) is 6.32. The Kier molecular flexibility index (Phi) is 3.04. The van der Waals surface area contributed by atoms with Gasteiger partial charge in [0.1, 0.15) is 0 Å². The number of nitrogens with zero attached hydrogens (tertiary/aromatic N) is 2. The van der Waals surface area contributed by atoms with Crippen LogP contribution in [0.4, 0.5) is 5.69 Å². The molecule has 1 aromatic heterocycles. The number of benzene rings is 1. The zero-order valence-electron chi connectivity index (χ0n) is 10.8. The highest BCUT2D eigenvalue weighted by Gasteiger charge is 2.20. The van der Waals surface area contributed by atoms with Crippen molar-refractivity contribution >= 4 is 16.8 Å². The average molecular weight is 263 g/mol. The van der Waals surface area contributed by atoms with Gasteiger partial charge in [-0.3, -0.25) is 4.57 Å². The monoisotopic (exact) mass is 263 g/mol. The van der Waals surface area contributed by atoms with E-state index in [1.54, 1.807) is 22.8 Å². The number of anilines is 1. The largest absolute Gasteiger partial charge is 0.420 e. The number of likely N-dealkylation sites (N-methyl/N-ethyl adjacent to an activating group) is 1. The third-order valence-corrected chi connectivity index (χ3v) is 3.42. The smallest absolute Gasteiger partial charge is 0.408 e. The second-order valence-corrected chi connectivity index (χ2v) is 4.96. The molecule has 0 bridgehead atoms. The van der Waals surface area contributed by atoms with Crippen LogP contribution in [0.2, 0.25) is 0 Å². The van der Waals surface area contributed by atoms with Crippen LogP contribution in [0.25, 0.3) is 11.1 Å². The van der Waals surface area contributed by atoms with E-state index in [-0.39, 0.29) is 11.9 Å². The van der Waals surface area contributed by atoms with E-state index in [4.69, 9.17) is 14.9 Å². The Morgan fingerprint density at radius 3 is 3.11 bits per heavy atom. The van der Waals surface area contributed by atoms with Crippen LogP contribution in [0, 0.1) is 0 Å². The molecule has 0 spiro atoms. The second kappa shape index (κ2) is 4.71. The summed E-state index contributed by atoms with van der Waals surface area (Å²) in [5.41, 5.74) is 7.66. The molecular formula is C13H17N3O3. The molecule has 1 saturated heterocycles. The normalized spacial score (nSPS) is 21.0. The van der Waals surface area contributed by atoms with Gasteiger partial charge in [-0.1, -0.05) is 0 Å². The number of nitrogens with two attached hydrogens (primary N) is 1. The van der Waals surface area contributed by atoms with Crippen molar-refractivity contribution in [2.24, 2.45) is 0 Å². The molecule has 1 aliphatic heterocycles. The second-order valence-electron chi connectivity index (χ2n) is 4.96. The molecule has 0 aliphatic carbocycles. The number of morpholine rings is 1. The van der Waals surface area contributed by atoms with E-state index >= 15 is 0 Å². The Balaban J connectivity index is 1.93. The summed E-state index contributed by atoms with van der Waals surface area (Å²) in [5.74, 6) is -0.363. The fraction of sp³-hybridized carbons (Fsp3) is 0.462. The number of rotatable bonds is 2. The highest BCUT2D eigenvalue weighted by atomic mass is 16.5. The van der Waals surface area contributed by atoms with E-state index < -0.39 is 0 Å². The molecule has 1 aliphatic rings. The van der Waals surface area contributed by atoms with E-state index in [0.717, 1.165) is 18.6 Å². The lowest BCUT2D eigenvalue weighted by Crippen LogP contribution is -2.42. The summed E-state index contributed by atoms with van der Waals surface area (Å²) in [5, 5.41) is 0. The molecule has 1 aromatic carbocycles. The van der Waals surface area contributed by atoms with Crippen molar-refractivity contribution in [3.63, 3.8) is 0 Å². The summed E-state index contributed by atoms with van der Waals surface area (Å²) in [7, 11) is 2.05. The quantitative estimate of drug-likeness (QED) is 0.799. The van der Waals surface area contributed by atoms with Crippen molar-refractivity contribution in [1.29, 1.82) is 0 Å². The Morgan fingerprint density at radius 2 is 2.32 bits per heavy atom. The number of fused-ring (bicyclic) bond motifs is 1. The molecule has 0 amide bonds. The first kappa shape index (κ1) is 12.3. The van der Waals surface area contributed by atoms with Gasteiger partial charge in [-0.05, 0) is 25.2 Å². The third-order valence-electron chi connectivity index (χ3n) is 3.42. The molecule has 102 valence electrons. The van der Waals surface area contributed by atoms with Crippen LogP contribution in [0.3, 0.4) is 0 Å². The van der Waals surface area contributed by atoms with Crippen LogP contribution >= 0.6 is 0 Å². The third kappa shape index (κ3) is 2.36. The molecule has 0 saturated carbocycles. The van der Waals surface area contributed by atoms with Gasteiger partial charge in [0, 0.05) is 18.8 Å². The number of hydrogen-bond donors (Lipinski definition) is 1. The van der Waals surface area contributed by atoms with Crippen molar-refractivity contribution in [2.75, 3.05) is 32.5 Å². The van der Waals surface area contributed by atoms with E-state index in [9.17, 15) is 4.79 Å². The van der Waals surface area contributed by atoms with Gasteiger partial charge in [-0.25, -0.2) is 4.79 Å². The van der Waals surface area contributed by atoms with Crippen LogP contribution in [0.15, 0.2) is 27.4 Å². The van der Waals surface area contributed by atoms with E-state index in [2.05, 4.69) is 4.90 Å². The molecule has 1 unspecified atom stereocenters. The van der Waals surface area contributed by atoms with Gasteiger partial charge in [-0.15, -0.1) is 0 Å². The minimum absolute atomic E-state index is 0.00122. The standard InChI is InChI=1S/C13H17N3O3/c1-15-4-5-18-10(7-15)8-16-11-6-9(14)2-3-12(11)19-13(16)17/h2-3,6,10H,4-5,7-8,14H2,1H3. The fourth-order valence-corrected chi connectivity index (χ4v) is 2.43. The molecular weight excluding hydrogens is 246 g/mol. The molecule has 0 radical (unpaired) electrons. The summed E-state index contributed by atoms with van der Waals surface area (Å²) in [6.07, 6.45) is -0.00122. The summed E-state index contributed by atoms with van der Waals surface area (Å²) >= 11 is 0. The lowest BCUT2D eigenvalue weighted by Gasteiger charge is -2.29. The SMILES string of the molecule is CN1CCOC(Cn2c(=O)oc3ccc(N)cc32)C1. The first-order chi connectivity index (χ1) is 9.13. The van der Waals surface area contributed by atoms with Gasteiger partial charge in [0.15, 0.2) is 5.58 Å². The van der Waals surface area contributed by atoms with E-state index in [0.29, 0.717) is 24.4 Å². The Hall–Kier alpha value is -1.79. The van der Waals surface area contributed by atoms with Crippen molar-refractivity contribution in [3.05, 3.63) is 28.7 Å². The average Bonchev–Trinajstić information content (AvgIpc) is 2.66. The number of hydrogen-bond acceptors (Lipinski definition) is 5. The number of aromatic nitrogens is 1. The lowest BCUT2D eigenvalue weighted by atomic mass is 10.2. The predicted molar refractivity (Wildman–Crippen MR) is 72.1 cm³/mol. The number of ether oxygens (including phenoxy) is 1. The Morgan fingerprint density at radius 1 is 1.47 bits per heavy atom. The van der Waals surface area contributed by atoms with Gasteiger partial charge in [0.2, 0.25) is 0 Å². The minimum Gasteiger partial charge on any atom is -0.408 e. The van der Waals surface area contributed by atoms with Crippen molar-refractivity contribution in [2.45, 2.75) is 12.6 Å². The molecule has 2 aromatic rings. The van der Waals surface area contributed by atoms with Gasteiger partial charge in [-0.2, -0.15) is 0 Å². The zero-order valence-corrected chi connectivity index (χ0v) is 10.8. The molecule has 2 heterocycles. The minimum atomic E-state index is -0.363. The predicted octanol–water partition coefficient (Wildman–Crippen LogP) is 0.507. The van der Waals surface area contributed by atoms with Crippen LogP contribution in [0.5, 0.6) is 0 Å². The fourth-order valence-electron chi connectivity index (χ4n) is 2.43. The Labute approximate surface area is 110 Å². The van der Waals surface area contributed by atoms with Gasteiger partial charge in [0.25, 0.3) is 0 Å². The first-order valence-electron chi connectivity index (χ1n) is 6.32. The topological polar surface area (TPSA) is 73.6 Å². The number of nitrogen functional groups attached to an aromatic ring is 1. The maximum atomic E-state index is 11.9. The van der Waals surface area contributed by atoms with Gasteiger partial charge >= 0.3 is 5.76 Å². The summed E-state index contributed by atoms with van der Waals surface area (Å²) in [6, 6.07) is 5.20. The highest BCUT2D eigenvalue weighted by Crippen LogP contribution is 2.17. The summed E-state index contributed by atoms with van der Waals surface area (Å²) < 4.78 is 12.5. The van der Waals surface area contributed by atoms with E-state index in [1.807, 2.05) is 7.05 Å². The number of oxazole rings is 1. The van der Waals surface area contributed by atoms with Crippen molar-refractivity contribution in [3.8, 4) is 0 Å². The van der Waals surface area contributed by atoms with Crippen LogP contribution < -0.4 is 11.5 Å². The molecule has 1 fully saturated rings. The van der Waals surface area contributed by atoms with Crippen LogP contribution in [0.1, 0.15) is 0 Å². The highest BCUT2D eigenvalue weighted by molar-refractivity contribution is 5.76. The van der Waals surface area contributed by atoms with Gasteiger partial charge in [0.05, 0.1) is 24.8 Å². The maximum Gasteiger partial charge on any atom is 0.420 e. The van der Waals surface area contributed by atoms with E-state index in [1.165, 1.54) is 0 Å². The van der Waals surface area contributed by atoms with Crippen LogP contribution in [-0.4, -0.2) is 42.3 Å².